The van der Waals surface area contributed by atoms with E-state index >= 15 is 0 Å². The van der Waals surface area contributed by atoms with Crippen molar-refractivity contribution in [2.75, 3.05) is 23.8 Å². The Balaban J connectivity index is 2.18. The summed E-state index contributed by atoms with van der Waals surface area (Å²) in [4.78, 5) is 32.3. The second-order valence-electron chi connectivity index (χ2n) is 4.68. The lowest BCUT2D eigenvalue weighted by molar-refractivity contribution is 0.0527. The molecule has 0 fully saturated rings. The van der Waals surface area contributed by atoms with Gasteiger partial charge in [0, 0.05) is 12.6 Å². The van der Waals surface area contributed by atoms with Crippen molar-refractivity contribution in [3.8, 4) is 0 Å². The zero-order valence-corrected chi connectivity index (χ0v) is 13.3. The van der Waals surface area contributed by atoms with Gasteiger partial charge in [-0.15, -0.1) is 6.58 Å². The first-order valence-corrected chi connectivity index (χ1v) is 7.40. The molecule has 0 bridgehead atoms. The molecule has 1 aromatic carbocycles. The minimum absolute atomic E-state index is 0.176. The van der Waals surface area contributed by atoms with E-state index in [0.29, 0.717) is 18.1 Å². The third kappa shape index (κ3) is 4.39. The summed E-state index contributed by atoms with van der Waals surface area (Å²) in [7, 11) is 0. The lowest BCUT2D eigenvalue weighted by Crippen LogP contribution is -2.17. The zero-order chi connectivity index (χ0) is 17.4. The predicted octanol–water partition coefficient (Wildman–Crippen LogP) is 2.50. The topological polar surface area (TPSA) is 93.2 Å². The molecular formula is C17H18N4O3. The molecule has 2 N–H and O–H groups in total. The Morgan fingerprint density at radius 2 is 2.08 bits per heavy atom. The molecule has 1 heterocycles. The summed E-state index contributed by atoms with van der Waals surface area (Å²) in [5.74, 6) is -0.436. The van der Waals surface area contributed by atoms with Crippen LogP contribution in [0.25, 0.3) is 0 Å². The van der Waals surface area contributed by atoms with Crippen LogP contribution in [-0.4, -0.2) is 35.0 Å². The fourth-order valence-electron chi connectivity index (χ4n) is 1.92. The van der Waals surface area contributed by atoms with Gasteiger partial charge >= 0.3 is 5.97 Å². The molecular weight excluding hydrogens is 308 g/mol. The van der Waals surface area contributed by atoms with E-state index in [1.807, 2.05) is 0 Å². The molecule has 24 heavy (non-hydrogen) atoms. The van der Waals surface area contributed by atoms with Crippen LogP contribution in [0.2, 0.25) is 0 Å². The van der Waals surface area contributed by atoms with E-state index in [1.54, 1.807) is 37.3 Å². The number of hydrogen-bond acceptors (Lipinski definition) is 6. The van der Waals surface area contributed by atoms with Gasteiger partial charge in [0.1, 0.15) is 17.8 Å². The normalized spacial score (nSPS) is 9.88. The third-order valence-electron chi connectivity index (χ3n) is 3.00. The molecule has 124 valence electrons. The average Bonchev–Trinajstić information content (AvgIpc) is 2.61. The molecule has 1 amide bonds. The van der Waals surface area contributed by atoms with Crippen molar-refractivity contribution in [3.63, 3.8) is 0 Å². The number of nitrogens with zero attached hydrogens (tertiary/aromatic N) is 2. The number of anilines is 2. The first-order valence-electron chi connectivity index (χ1n) is 7.40. The Hall–Kier alpha value is -3.22. The Morgan fingerprint density at radius 1 is 1.29 bits per heavy atom. The maximum Gasteiger partial charge on any atom is 0.340 e. The van der Waals surface area contributed by atoms with Crippen molar-refractivity contribution in [2.24, 2.45) is 0 Å². The van der Waals surface area contributed by atoms with Crippen molar-refractivity contribution in [1.29, 1.82) is 0 Å². The van der Waals surface area contributed by atoms with Crippen LogP contribution < -0.4 is 10.6 Å². The molecule has 0 aliphatic heterocycles. The van der Waals surface area contributed by atoms with Gasteiger partial charge in [0.15, 0.2) is 0 Å². The molecule has 0 unspecified atom stereocenters. The number of para-hydroxylation sites is 1. The molecule has 0 radical (unpaired) electrons. The van der Waals surface area contributed by atoms with Gasteiger partial charge in [-0.1, -0.05) is 18.2 Å². The highest BCUT2D eigenvalue weighted by molar-refractivity contribution is 6.07. The fraction of sp³-hybridized carbons (Fsp3) is 0.176. The van der Waals surface area contributed by atoms with E-state index in [1.165, 1.54) is 12.4 Å². The summed E-state index contributed by atoms with van der Waals surface area (Å²) in [6.45, 7) is 6.09. The molecule has 0 atom stereocenters. The number of aromatic nitrogens is 2. The molecule has 0 aliphatic rings. The van der Waals surface area contributed by atoms with Gasteiger partial charge in [-0.05, 0) is 19.1 Å². The van der Waals surface area contributed by atoms with Crippen LogP contribution in [0.1, 0.15) is 27.8 Å². The van der Waals surface area contributed by atoms with Gasteiger partial charge in [0.05, 0.1) is 17.9 Å². The second kappa shape index (κ2) is 8.42. The highest BCUT2D eigenvalue weighted by Crippen LogP contribution is 2.17. The monoisotopic (exact) mass is 326 g/mol. The first kappa shape index (κ1) is 17.1. The van der Waals surface area contributed by atoms with E-state index < -0.39 is 11.9 Å². The lowest BCUT2D eigenvalue weighted by Gasteiger charge is -2.10. The first-order chi connectivity index (χ1) is 11.7. The highest BCUT2D eigenvalue weighted by atomic mass is 16.5. The minimum atomic E-state index is -0.496. The predicted molar refractivity (Wildman–Crippen MR) is 91.1 cm³/mol. The van der Waals surface area contributed by atoms with Gasteiger partial charge in [0.25, 0.3) is 5.91 Å². The summed E-state index contributed by atoms with van der Waals surface area (Å²) in [6.07, 6.45) is 2.97. The van der Waals surface area contributed by atoms with Crippen molar-refractivity contribution in [2.45, 2.75) is 6.92 Å². The number of ether oxygens (including phenoxy) is 1. The Bertz CT molecular complexity index is 746. The lowest BCUT2D eigenvalue weighted by atomic mass is 10.1. The van der Waals surface area contributed by atoms with Crippen LogP contribution >= 0.6 is 0 Å². The van der Waals surface area contributed by atoms with Crippen LogP contribution in [0, 0.1) is 0 Å². The van der Waals surface area contributed by atoms with Gasteiger partial charge in [-0.3, -0.25) is 4.79 Å². The number of nitrogens with one attached hydrogen (secondary N) is 2. The number of hydrogen-bond donors (Lipinski definition) is 2. The number of rotatable bonds is 7. The van der Waals surface area contributed by atoms with E-state index in [0.717, 1.165) is 0 Å². The van der Waals surface area contributed by atoms with Crippen LogP contribution in [-0.2, 0) is 4.74 Å². The number of carbonyl (C=O) groups excluding carboxylic acids is 2. The number of benzene rings is 1. The molecule has 0 spiro atoms. The fourth-order valence-corrected chi connectivity index (χ4v) is 1.92. The molecule has 0 saturated carbocycles. The molecule has 2 rings (SSSR count). The van der Waals surface area contributed by atoms with Crippen molar-refractivity contribution < 1.29 is 14.3 Å². The highest BCUT2D eigenvalue weighted by Gasteiger charge is 2.15. The van der Waals surface area contributed by atoms with Gasteiger partial charge in [-0.25, -0.2) is 14.8 Å². The summed E-state index contributed by atoms with van der Waals surface area (Å²) >= 11 is 0. The van der Waals surface area contributed by atoms with Crippen LogP contribution in [0.15, 0.2) is 49.3 Å². The summed E-state index contributed by atoms with van der Waals surface area (Å²) < 4.78 is 4.98. The van der Waals surface area contributed by atoms with Gasteiger partial charge in [0.2, 0.25) is 0 Å². The van der Waals surface area contributed by atoms with Crippen molar-refractivity contribution >= 4 is 23.4 Å². The Labute approximate surface area is 139 Å². The molecule has 0 aliphatic carbocycles. The van der Waals surface area contributed by atoms with E-state index in [-0.39, 0.29) is 17.9 Å². The third-order valence-corrected chi connectivity index (χ3v) is 3.00. The number of carbonyl (C=O) groups is 2. The Morgan fingerprint density at radius 3 is 2.83 bits per heavy atom. The van der Waals surface area contributed by atoms with Gasteiger partial charge in [-0.2, -0.15) is 0 Å². The van der Waals surface area contributed by atoms with Crippen molar-refractivity contribution in [3.05, 3.63) is 60.6 Å². The van der Waals surface area contributed by atoms with Crippen LogP contribution in [0.4, 0.5) is 11.5 Å². The molecule has 0 saturated heterocycles. The molecule has 1 aromatic heterocycles. The molecule has 7 heteroatoms. The van der Waals surface area contributed by atoms with Gasteiger partial charge < -0.3 is 15.4 Å². The van der Waals surface area contributed by atoms with Crippen LogP contribution in [0.3, 0.4) is 0 Å². The SMILES string of the molecule is C=CCNc1cc(C(=O)Nc2ccccc2C(=O)OCC)ncn1. The average molecular weight is 326 g/mol. The van der Waals surface area contributed by atoms with E-state index in [9.17, 15) is 9.59 Å². The van der Waals surface area contributed by atoms with E-state index in [4.69, 9.17) is 4.74 Å². The largest absolute Gasteiger partial charge is 0.462 e. The molecule has 2 aromatic rings. The summed E-state index contributed by atoms with van der Waals surface area (Å²) in [6, 6.07) is 8.15. The maximum atomic E-state index is 12.4. The quantitative estimate of drug-likeness (QED) is 0.600. The molecule has 7 nitrogen and oxygen atoms in total. The Kier molecular flexibility index (Phi) is 6.01. The smallest absolute Gasteiger partial charge is 0.340 e. The van der Waals surface area contributed by atoms with E-state index in [2.05, 4.69) is 27.2 Å². The van der Waals surface area contributed by atoms with Crippen molar-refractivity contribution in [1.82, 2.24) is 9.97 Å². The zero-order valence-electron chi connectivity index (χ0n) is 13.3. The number of esters is 1. The number of amides is 1. The second-order valence-corrected chi connectivity index (χ2v) is 4.68. The summed E-state index contributed by atoms with van der Waals surface area (Å²) in [5, 5.41) is 5.65. The standard InChI is InChI=1S/C17H18N4O3/c1-3-9-18-15-10-14(19-11-20-15)16(22)21-13-8-6-5-7-12(13)17(23)24-4-2/h3,5-8,10-11H,1,4,9H2,2H3,(H,21,22)(H,18,19,20). The maximum absolute atomic E-state index is 12.4. The van der Waals surface area contributed by atoms with Crippen LogP contribution in [0.5, 0.6) is 0 Å². The minimum Gasteiger partial charge on any atom is -0.462 e. The summed E-state index contributed by atoms with van der Waals surface area (Å²) in [5.41, 5.74) is 0.821.